The van der Waals surface area contributed by atoms with Crippen molar-refractivity contribution in [2.75, 3.05) is 26.2 Å². The Morgan fingerprint density at radius 3 is 2.55 bits per heavy atom. The third-order valence-electron chi connectivity index (χ3n) is 10.0. The lowest BCUT2D eigenvalue weighted by molar-refractivity contribution is -0.153. The second-order valence-corrected chi connectivity index (χ2v) is 14.3. The fourth-order valence-electron chi connectivity index (χ4n) is 6.88. The van der Waals surface area contributed by atoms with Crippen molar-refractivity contribution in [2.45, 2.75) is 89.1 Å². The standard InChI is InChI=1S/C39H47ClN2O9/c1-22(2)27-14-12-25(13-15-27)19-34(44)50-32-20-33(43)42(6)28-17-26(18-29(47-7)35(28)40)16-23(3)10-9-11-31(48-8)39(46)21-30(49-37(45)41-39)24(4)36-38(32,5)51-36/h9-15,17-18,24,30-32,36,46H,1,16,19-21H2,2-8H3,(H,41,45)/b11-9+,23-10+/t24-,30+,31-,32+,36+,38+,39+/m1/s1. The van der Waals surface area contributed by atoms with Gasteiger partial charge < -0.3 is 33.7 Å². The number of allylic oxidation sites excluding steroid dienone is 4. The number of carbonyl (C=O) groups excluding carboxylic acids is 3. The Morgan fingerprint density at radius 2 is 1.90 bits per heavy atom. The number of epoxide rings is 1. The number of halogens is 1. The fraction of sp³-hybridized carbons (Fsp3) is 0.462. The molecule has 11 nitrogen and oxygen atoms in total. The molecule has 0 radical (unpaired) electrons. The molecule has 51 heavy (non-hydrogen) atoms. The molecule has 0 spiro atoms. The zero-order valence-electron chi connectivity index (χ0n) is 30.2. The zero-order valence-corrected chi connectivity index (χ0v) is 30.9. The van der Waals surface area contributed by atoms with Crippen molar-refractivity contribution in [3.05, 3.63) is 88.5 Å². The number of hydrogen-bond acceptors (Lipinski definition) is 9. The first-order valence-corrected chi connectivity index (χ1v) is 17.3. The van der Waals surface area contributed by atoms with Crippen molar-refractivity contribution in [3.63, 3.8) is 0 Å². The van der Waals surface area contributed by atoms with Crippen molar-refractivity contribution in [1.29, 1.82) is 0 Å². The minimum atomic E-state index is -1.79. The Morgan fingerprint density at radius 1 is 1.20 bits per heavy atom. The van der Waals surface area contributed by atoms with Crippen LogP contribution in [0.5, 0.6) is 5.75 Å². The smallest absolute Gasteiger partial charge is 0.409 e. The molecule has 0 aromatic heterocycles. The topological polar surface area (TPSA) is 136 Å². The van der Waals surface area contributed by atoms with Crippen LogP contribution in [0.3, 0.4) is 0 Å². The molecule has 2 aromatic carbocycles. The van der Waals surface area contributed by atoms with E-state index in [1.807, 2.05) is 63.2 Å². The lowest BCUT2D eigenvalue weighted by atomic mass is 9.83. The van der Waals surface area contributed by atoms with Crippen LogP contribution in [0.15, 0.2) is 66.8 Å². The fourth-order valence-corrected chi connectivity index (χ4v) is 7.19. The highest BCUT2D eigenvalue weighted by Crippen LogP contribution is 2.49. The maximum Gasteiger partial charge on any atom is 0.409 e. The Labute approximate surface area is 304 Å². The number of carbonyl (C=O) groups is 3. The van der Waals surface area contributed by atoms with Gasteiger partial charge in [0.05, 0.1) is 31.7 Å². The van der Waals surface area contributed by atoms with E-state index in [2.05, 4.69) is 11.9 Å². The average Bonchev–Trinajstić information content (AvgIpc) is 3.77. The van der Waals surface area contributed by atoms with Gasteiger partial charge in [0.1, 0.15) is 34.7 Å². The number of nitrogens with zero attached hydrogens (tertiary/aromatic N) is 1. The number of fused-ring (bicyclic) bond motifs is 5. The number of alkyl carbamates (subject to hydrolysis) is 1. The molecule has 3 aliphatic heterocycles. The SMILES string of the molecule is C=C(C)c1ccc(CC(=O)O[C@H]2CC(=O)N(C)c3cc(cc(OC)c3Cl)C/C(C)=C/C=C/[C@@H](OC)[C@@]3(O)C[C@H](OC(=O)N3)[C@@H](C)[C@@H]3O[C@@]23C)cc1. The van der Waals surface area contributed by atoms with E-state index in [-0.39, 0.29) is 30.2 Å². The van der Waals surface area contributed by atoms with E-state index in [4.69, 9.17) is 35.3 Å². The lowest BCUT2D eigenvalue weighted by Crippen LogP contribution is -2.63. The molecule has 5 rings (SSSR count). The number of anilines is 1. The monoisotopic (exact) mass is 722 g/mol. The number of nitrogens with one attached hydrogen (secondary N) is 1. The predicted molar refractivity (Wildman–Crippen MR) is 194 cm³/mol. The highest BCUT2D eigenvalue weighted by Gasteiger charge is 2.64. The predicted octanol–water partition coefficient (Wildman–Crippen LogP) is 5.94. The lowest BCUT2D eigenvalue weighted by Gasteiger charge is -2.42. The summed E-state index contributed by atoms with van der Waals surface area (Å²) in [6.07, 6.45) is 1.37. The highest BCUT2D eigenvalue weighted by atomic mass is 35.5. The van der Waals surface area contributed by atoms with E-state index in [1.165, 1.54) is 19.1 Å². The summed E-state index contributed by atoms with van der Waals surface area (Å²) >= 11 is 6.76. The second-order valence-electron chi connectivity index (χ2n) is 13.9. The van der Waals surface area contributed by atoms with Crippen LogP contribution in [0.1, 0.15) is 57.2 Å². The van der Waals surface area contributed by atoms with Crippen molar-refractivity contribution in [2.24, 2.45) is 5.92 Å². The van der Waals surface area contributed by atoms with Crippen molar-refractivity contribution >= 4 is 40.8 Å². The van der Waals surface area contributed by atoms with Gasteiger partial charge in [-0.25, -0.2) is 4.79 Å². The first-order chi connectivity index (χ1) is 24.1. The van der Waals surface area contributed by atoms with Crippen molar-refractivity contribution in [3.8, 4) is 5.75 Å². The molecule has 12 heteroatoms. The average molecular weight is 723 g/mol. The first-order valence-electron chi connectivity index (χ1n) is 16.9. The van der Waals surface area contributed by atoms with Crippen LogP contribution in [0.25, 0.3) is 5.57 Å². The number of aliphatic hydroxyl groups is 1. The van der Waals surface area contributed by atoms with Crippen LogP contribution >= 0.6 is 11.6 Å². The quantitative estimate of drug-likeness (QED) is 0.274. The summed E-state index contributed by atoms with van der Waals surface area (Å²) in [7, 11) is 4.56. The van der Waals surface area contributed by atoms with Gasteiger partial charge in [0, 0.05) is 26.5 Å². The van der Waals surface area contributed by atoms with E-state index in [1.54, 1.807) is 26.1 Å². The van der Waals surface area contributed by atoms with E-state index in [0.29, 0.717) is 17.9 Å². The second kappa shape index (κ2) is 15.2. The molecule has 2 fully saturated rings. The van der Waals surface area contributed by atoms with Gasteiger partial charge in [-0.3, -0.25) is 14.9 Å². The summed E-state index contributed by atoms with van der Waals surface area (Å²) in [6, 6.07) is 11.1. The van der Waals surface area contributed by atoms with Gasteiger partial charge in [-0.15, -0.1) is 0 Å². The van der Waals surface area contributed by atoms with Gasteiger partial charge in [-0.05, 0) is 56.0 Å². The van der Waals surface area contributed by atoms with Crippen LogP contribution in [0.2, 0.25) is 5.02 Å². The Balaban J connectivity index is 1.52. The molecule has 2 N–H and O–H groups in total. The normalized spacial score (nSPS) is 31.3. The number of ether oxygens (including phenoxy) is 5. The number of amides is 2. The summed E-state index contributed by atoms with van der Waals surface area (Å²) < 4.78 is 29.2. The molecule has 2 aromatic rings. The molecule has 7 atom stereocenters. The molecule has 2 saturated heterocycles. The van der Waals surface area contributed by atoms with Gasteiger partial charge >= 0.3 is 12.1 Å². The maximum atomic E-state index is 14.1. The van der Waals surface area contributed by atoms with Crippen LogP contribution in [0, 0.1) is 5.92 Å². The van der Waals surface area contributed by atoms with Gasteiger partial charge in [0.25, 0.3) is 0 Å². The van der Waals surface area contributed by atoms with Crippen molar-refractivity contribution < 1.29 is 43.2 Å². The van der Waals surface area contributed by atoms with Crippen LogP contribution < -0.4 is 15.0 Å². The summed E-state index contributed by atoms with van der Waals surface area (Å²) in [5, 5.41) is 14.5. The number of esters is 1. The van der Waals surface area contributed by atoms with E-state index in [0.717, 1.165) is 27.8 Å². The largest absolute Gasteiger partial charge is 0.495 e. The molecule has 2 amide bonds. The molecule has 0 unspecified atom stereocenters. The van der Waals surface area contributed by atoms with Crippen molar-refractivity contribution in [1.82, 2.24) is 5.32 Å². The van der Waals surface area contributed by atoms with E-state index >= 15 is 0 Å². The third kappa shape index (κ3) is 8.33. The van der Waals surface area contributed by atoms with Gasteiger partial charge in [-0.1, -0.05) is 78.7 Å². The number of rotatable bonds is 6. The number of hydrogen-bond donors (Lipinski definition) is 2. The molecule has 3 heterocycles. The summed E-state index contributed by atoms with van der Waals surface area (Å²) in [4.78, 5) is 41.8. The zero-order chi connectivity index (χ0) is 37.2. The van der Waals surface area contributed by atoms with E-state index in [9.17, 15) is 19.5 Å². The third-order valence-corrected chi connectivity index (χ3v) is 10.4. The summed E-state index contributed by atoms with van der Waals surface area (Å²) in [5.41, 5.74) is 1.89. The van der Waals surface area contributed by atoms with Gasteiger partial charge in [0.15, 0.2) is 5.72 Å². The van der Waals surface area contributed by atoms with Gasteiger partial charge in [0.2, 0.25) is 5.91 Å². The Kier molecular flexibility index (Phi) is 11.4. The number of benzene rings is 2. The molecular weight excluding hydrogens is 676 g/mol. The van der Waals surface area contributed by atoms with Gasteiger partial charge in [-0.2, -0.15) is 0 Å². The molecule has 0 aliphatic carbocycles. The highest BCUT2D eigenvalue weighted by molar-refractivity contribution is 6.35. The minimum absolute atomic E-state index is 0.0161. The molecule has 3 aliphatic rings. The Bertz CT molecular complexity index is 1740. The van der Waals surface area contributed by atoms with E-state index < -0.39 is 53.7 Å². The van der Waals surface area contributed by atoms with Crippen LogP contribution in [0.4, 0.5) is 10.5 Å². The minimum Gasteiger partial charge on any atom is -0.495 e. The first kappa shape index (κ1) is 38.1. The molecular formula is C39H47ClN2O9. The molecule has 0 saturated carbocycles. The van der Waals surface area contributed by atoms with Crippen LogP contribution in [-0.2, 0) is 41.4 Å². The maximum absolute atomic E-state index is 14.1. The Hall–Kier alpha value is -4.16. The number of methoxy groups -OCH3 is 2. The molecule has 4 bridgehead atoms. The van der Waals surface area contributed by atoms with Crippen LogP contribution in [-0.4, -0.2) is 80.1 Å². The summed E-state index contributed by atoms with van der Waals surface area (Å²) in [5.74, 6) is -0.991. The molecule has 274 valence electrons. The summed E-state index contributed by atoms with van der Waals surface area (Å²) in [6.45, 7) is 11.4.